The second-order valence-corrected chi connectivity index (χ2v) is 4.77. The molecule has 1 amide bonds. The van der Waals surface area contributed by atoms with Crippen LogP contribution in [0.2, 0.25) is 0 Å². The van der Waals surface area contributed by atoms with Crippen LogP contribution in [0.1, 0.15) is 39.5 Å². The molecule has 1 rings (SSSR count). The van der Waals surface area contributed by atoms with Crippen LogP contribution in [0.3, 0.4) is 0 Å². The van der Waals surface area contributed by atoms with Gasteiger partial charge in [0.2, 0.25) is 5.91 Å². The smallest absolute Gasteiger partial charge is 0.237 e. The zero-order valence-electron chi connectivity index (χ0n) is 8.97. The first-order chi connectivity index (χ1) is 6.36. The van der Waals surface area contributed by atoms with E-state index in [1.807, 2.05) is 0 Å². The highest BCUT2D eigenvalue weighted by atomic mass is 16.3. The summed E-state index contributed by atoms with van der Waals surface area (Å²) >= 11 is 0. The molecule has 0 aromatic carbocycles. The Morgan fingerprint density at radius 3 is 2.43 bits per heavy atom. The first-order valence-corrected chi connectivity index (χ1v) is 5.13. The third kappa shape index (κ3) is 2.69. The lowest BCUT2D eigenvalue weighted by Gasteiger charge is -2.29. The second-order valence-electron chi connectivity index (χ2n) is 4.77. The Balaban J connectivity index is 2.43. The molecule has 0 bridgehead atoms. The van der Waals surface area contributed by atoms with Crippen LogP contribution in [0.4, 0.5) is 0 Å². The minimum absolute atomic E-state index is 0.390. The fourth-order valence-electron chi connectivity index (χ4n) is 1.68. The van der Waals surface area contributed by atoms with Crippen molar-refractivity contribution in [3.05, 3.63) is 0 Å². The van der Waals surface area contributed by atoms with Gasteiger partial charge in [-0.3, -0.25) is 4.79 Å². The Kier molecular flexibility index (Phi) is 3.17. The molecule has 0 heterocycles. The van der Waals surface area contributed by atoms with Gasteiger partial charge in [0.05, 0.1) is 11.1 Å². The minimum atomic E-state index is -0.738. The largest absolute Gasteiger partial charge is 0.389 e. The third-order valence-corrected chi connectivity index (χ3v) is 3.01. The van der Waals surface area contributed by atoms with Crippen LogP contribution < -0.4 is 11.1 Å². The Morgan fingerprint density at radius 2 is 2.00 bits per heavy atom. The normalized spacial score (nSPS) is 21.1. The van der Waals surface area contributed by atoms with Gasteiger partial charge in [0.15, 0.2) is 0 Å². The number of rotatable bonds is 4. The number of aliphatic hydroxyl groups is 1. The Labute approximate surface area is 84.9 Å². The summed E-state index contributed by atoms with van der Waals surface area (Å²) in [5.74, 6) is -0.390. The SMILES string of the molecule is CC(C)(NCC1(O)CCCC1)C(N)=O. The first-order valence-electron chi connectivity index (χ1n) is 5.13. The topological polar surface area (TPSA) is 75.3 Å². The predicted octanol–water partition coefficient (Wildman–Crippen LogP) is 0.145. The van der Waals surface area contributed by atoms with Crippen molar-refractivity contribution in [3.63, 3.8) is 0 Å². The lowest BCUT2D eigenvalue weighted by atomic mass is 9.99. The Hall–Kier alpha value is -0.610. The van der Waals surface area contributed by atoms with Crippen LogP contribution in [0, 0.1) is 0 Å². The van der Waals surface area contributed by atoms with E-state index in [1.54, 1.807) is 13.8 Å². The number of carbonyl (C=O) groups excluding carboxylic acids is 1. The van der Waals surface area contributed by atoms with Crippen molar-refractivity contribution in [2.45, 2.75) is 50.7 Å². The number of carbonyl (C=O) groups is 1. The Morgan fingerprint density at radius 1 is 1.50 bits per heavy atom. The molecule has 1 saturated carbocycles. The van der Waals surface area contributed by atoms with E-state index in [4.69, 9.17) is 5.73 Å². The van der Waals surface area contributed by atoms with Gasteiger partial charge >= 0.3 is 0 Å². The highest BCUT2D eigenvalue weighted by molar-refractivity contribution is 5.83. The molecular weight excluding hydrogens is 180 g/mol. The van der Waals surface area contributed by atoms with E-state index in [2.05, 4.69) is 5.32 Å². The summed E-state index contributed by atoms with van der Waals surface area (Å²) in [4.78, 5) is 11.0. The van der Waals surface area contributed by atoms with E-state index >= 15 is 0 Å². The van der Waals surface area contributed by atoms with E-state index in [1.165, 1.54) is 0 Å². The van der Waals surface area contributed by atoms with Crippen LogP contribution in [0.15, 0.2) is 0 Å². The third-order valence-electron chi connectivity index (χ3n) is 3.01. The van der Waals surface area contributed by atoms with E-state index < -0.39 is 11.1 Å². The van der Waals surface area contributed by atoms with Gasteiger partial charge in [-0.05, 0) is 26.7 Å². The lowest BCUT2D eigenvalue weighted by Crippen LogP contribution is -2.55. The van der Waals surface area contributed by atoms with Gasteiger partial charge in [-0.2, -0.15) is 0 Å². The molecule has 82 valence electrons. The number of hydrogen-bond donors (Lipinski definition) is 3. The molecule has 1 fully saturated rings. The van der Waals surface area contributed by atoms with Crippen LogP contribution in [-0.2, 0) is 4.79 Å². The maximum Gasteiger partial charge on any atom is 0.237 e. The van der Waals surface area contributed by atoms with Gasteiger partial charge in [0, 0.05) is 6.54 Å². The second kappa shape index (κ2) is 3.87. The van der Waals surface area contributed by atoms with Crippen molar-refractivity contribution in [2.75, 3.05) is 6.54 Å². The van der Waals surface area contributed by atoms with Crippen molar-refractivity contribution in [2.24, 2.45) is 5.73 Å². The molecule has 0 unspecified atom stereocenters. The van der Waals surface area contributed by atoms with Crippen LogP contribution >= 0.6 is 0 Å². The summed E-state index contributed by atoms with van der Waals surface area (Å²) in [6.45, 7) is 3.91. The molecule has 1 aliphatic rings. The summed E-state index contributed by atoms with van der Waals surface area (Å²) < 4.78 is 0. The maximum absolute atomic E-state index is 11.0. The highest BCUT2D eigenvalue weighted by Gasteiger charge is 2.34. The van der Waals surface area contributed by atoms with Crippen molar-refractivity contribution in [1.29, 1.82) is 0 Å². The average molecular weight is 200 g/mol. The van der Waals surface area contributed by atoms with Gasteiger partial charge in [-0.1, -0.05) is 12.8 Å². The highest BCUT2D eigenvalue weighted by Crippen LogP contribution is 2.29. The number of hydrogen-bond acceptors (Lipinski definition) is 3. The maximum atomic E-state index is 11.0. The molecule has 4 N–H and O–H groups in total. The van der Waals surface area contributed by atoms with Crippen LogP contribution in [-0.4, -0.2) is 28.7 Å². The van der Waals surface area contributed by atoms with E-state index in [9.17, 15) is 9.90 Å². The van der Waals surface area contributed by atoms with Crippen molar-refractivity contribution < 1.29 is 9.90 Å². The number of primary amides is 1. The molecule has 0 aliphatic heterocycles. The molecule has 0 aromatic rings. The summed E-state index contributed by atoms with van der Waals surface area (Å²) in [5.41, 5.74) is 3.85. The van der Waals surface area contributed by atoms with Gasteiger partial charge in [-0.15, -0.1) is 0 Å². The standard InChI is InChI=1S/C10H20N2O2/c1-9(2,8(11)13)12-7-10(14)5-3-4-6-10/h12,14H,3-7H2,1-2H3,(H2,11,13). The fraction of sp³-hybridized carbons (Fsp3) is 0.900. The van der Waals surface area contributed by atoms with Gasteiger partial charge < -0.3 is 16.2 Å². The number of nitrogens with one attached hydrogen (secondary N) is 1. The predicted molar refractivity (Wildman–Crippen MR) is 54.7 cm³/mol. The van der Waals surface area contributed by atoms with Crippen molar-refractivity contribution >= 4 is 5.91 Å². The molecule has 4 nitrogen and oxygen atoms in total. The molecule has 4 heteroatoms. The zero-order chi connectivity index (χ0) is 10.8. The minimum Gasteiger partial charge on any atom is -0.389 e. The molecular formula is C10H20N2O2. The molecule has 0 radical (unpaired) electrons. The van der Waals surface area contributed by atoms with Crippen molar-refractivity contribution in [1.82, 2.24) is 5.32 Å². The molecule has 0 saturated heterocycles. The summed E-state index contributed by atoms with van der Waals surface area (Å²) in [5, 5.41) is 13.0. The number of nitrogens with two attached hydrogens (primary N) is 1. The molecule has 0 spiro atoms. The van der Waals surface area contributed by atoms with Crippen LogP contribution in [0.25, 0.3) is 0 Å². The summed E-state index contributed by atoms with van der Waals surface area (Å²) in [6, 6.07) is 0. The monoisotopic (exact) mass is 200 g/mol. The lowest BCUT2D eigenvalue weighted by molar-refractivity contribution is -0.123. The summed E-state index contributed by atoms with van der Waals surface area (Å²) in [7, 11) is 0. The fourth-order valence-corrected chi connectivity index (χ4v) is 1.68. The van der Waals surface area contributed by atoms with Crippen molar-refractivity contribution in [3.8, 4) is 0 Å². The van der Waals surface area contributed by atoms with E-state index in [0.29, 0.717) is 6.54 Å². The summed E-state index contributed by atoms with van der Waals surface area (Å²) in [6.07, 6.45) is 3.76. The number of β-amino-alcohol motifs (C(OH)–C–C–N with tert-alkyl or cyclic N) is 1. The quantitative estimate of drug-likeness (QED) is 0.604. The Bertz CT molecular complexity index is 220. The van der Waals surface area contributed by atoms with Crippen LogP contribution in [0.5, 0.6) is 0 Å². The average Bonchev–Trinajstić information content (AvgIpc) is 2.50. The number of amides is 1. The van der Waals surface area contributed by atoms with Gasteiger partial charge in [0.25, 0.3) is 0 Å². The molecule has 0 atom stereocenters. The zero-order valence-corrected chi connectivity index (χ0v) is 8.97. The first kappa shape index (κ1) is 11.5. The van der Waals surface area contributed by atoms with E-state index in [-0.39, 0.29) is 5.91 Å². The van der Waals surface area contributed by atoms with Gasteiger partial charge in [0.1, 0.15) is 0 Å². The van der Waals surface area contributed by atoms with Gasteiger partial charge in [-0.25, -0.2) is 0 Å². The molecule has 1 aliphatic carbocycles. The molecule has 14 heavy (non-hydrogen) atoms. The molecule has 0 aromatic heterocycles. The van der Waals surface area contributed by atoms with E-state index in [0.717, 1.165) is 25.7 Å².